The smallest absolute Gasteiger partial charge is 0.335 e. The van der Waals surface area contributed by atoms with Crippen molar-refractivity contribution in [3.8, 4) is 0 Å². The predicted molar refractivity (Wildman–Crippen MR) is 90.8 cm³/mol. The average molecular weight is 331 g/mol. The molecule has 1 saturated heterocycles. The van der Waals surface area contributed by atoms with Crippen LogP contribution in [0.5, 0.6) is 0 Å². The lowest BCUT2D eigenvalue weighted by Crippen LogP contribution is -2.31. The molecule has 0 spiro atoms. The van der Waals surface area contributed by atoms with Crippen LogP contribution in [0.2, 0.25) is 0 Å². The monoisotopic (exact) mass is 331 g/mol. The van der Waals surface area contributed by atoms with Gasteiger partial charge in [-0.2, -0.15) is 0 Å². The van der Waals surface area contributed by atoms with Gasteiger partial charge in [0.2, 0.25) is 0 Å². The van der Waals surface area contributed by atoms with Crippen molar-refractivity contribution in [2.24, 2.45) is 0 Å². The number of carbonyl (C=O) groups is 1. The Bertz CT molecular complexity index is 618. The quantitative estimate of drug-likeness (QED) is 0.842. The number of nitrogens with zero attached hydrogens (tertiary/aromatic N) is 1. The average Bonchev–Trinajstić information content (AvgIpc) is 3.21. The van der Waals surface area contributed by atoms with Crippen molar-refractivity contribution in [2.75, 3.05) is 13.2 Å². The third-order valence-corrected chi connectivity index (χ3v) is 4.91. The fourth-order valence-corrected chi connectivity index (χ4v) is 3.64. The number of thiophene rings is 1. The highest BCUT2D eigenvalue weighted by atomic mass is 32.1. The van der Waals surface area contributed by atoms with Crippen LogP contribution < -0.4 is 0 Å². The summed E-state index contributed by atoms with van der Waals surface area (Å²) in [5.41, 5.74) is 1.46. The fourth-order valence-electron chi connectivity index (χ4n) is 2.90. The number of aromatic carboxylic acids is 1. The molecule has 4 nitrogen and oxygen atoms in total. The maximum absolute atomic E-state index is 11.0. The molecule has 122 valence electrons. The van der Waals surface area contributed by atoms with Crippen LogP contribution in [0.15, 0.2) is 41.8 Å². The lowest BCUT2D eigenvalue weighted by Gasteiger charge is -2.25. The largest absolute Gasteiger partial charge is 0.478 e. The zero-order valence-electron chi connectivity index (χ0n) is 13.0. The van der Waals surface area contributed by atoms with Crippen LogP contribution in [-0.2, 0) is 17.8 Å². The molecule has 0 saturated carbocycles. The Balaban J connectivity index is 1.67. The summed E-state index contributed by atoms with van der Waals surface area (Å²) in [7, 11) is 0. The summed E-state index contributed by atoms with van der Waals surface area (Å²) in [5, 5.41) is 11.1. The Morgan fingerprint density at radius 3 is 2.70 bits per heavy atom. The third kappa shape index (κ3) is 4.64. The molecule has 1 aliphatic rings. The minimum atomic E-state index is -0.883. The van der Waals surface area contributed by atoms with Gasteiger partial charge in [-0.3, -0.25) is 4.90 Å². The second-order valence-electron chi connectivity index (χ2n) is 5.89. The van der Waals surface area contributed by atoms with E-state index in [0.29, 0.717) is 11.7 Å². The van der Waals surface area contributed by atoms with Gasteiger partial charge in [-0.15, -0.1) is 11.3 Å². The molecule has 2 heterocycles. The molecule has 1 aromatic carbocycles. The van der Waals surface area contributed by atoms with Gasteiger partial charge in [-0.1, -0.05) is 18.2 Å². The van der Waals surface area contributed by atoms with Gasteiger partial charge in [-0.05, 0) is 42.0 Å². The maximum Gasteiger partial charge on any atom is 0.335 e. The molecular formula is C18H21NO3S. The zero-order valence-corrected chi connectivity index (χ0v) is 13.8. The minimum Gasteiger partial charge on any atom is -0.478 e. The van der Waals surface area contributed by atoms with Gasteiger partial charge in [0.25, 0.3) is 0 Å². The fraction of sp³-hybridized carbons (Fsp3) is 0.389. The van der Waals surface area contributed by atoms with Crippen molar-refractivity contribution in [1.82, 2.24) is 4.90 Å². The van der Waals surface area contributed by atoms with Crippen molar-refractivity contribution in [3.05, 3.63) is 57.8 Å². The highest BCUT2D eigenvalue weighted by Gasteiger charge is 2.20. The van der Waals surface area contributed by atoms with E-state index in [0.717, 1.165) is 44.6 Å². The van der Waals surface area contributed by atoms with Crippen LogP contribution in [0.25, 0.3) is 0 Å². The molecule has 1 aliphatic heterocycles. The first kappa shape index (κ1) is 16.2. The first-order valence-corrected chi connectivity index (χ1v) is 8.77. The summed E-state index contributed by atoms with van der Waals surface area (Å²) < 4.78 is 5.77. The summed E-state index contributed by atoms with van der Waals surface area (Å²) in [6.45, 7) is 3.49. The van der Waals surface area contributed by atoms with Crippen LogP contribution in [0.4, 0.5) is 0 Å². The standard InChI is InChI=1S/C18H21NO3S/c20-18(21)15-7-5-14(6-8-15)11-19(12-16-3-1-9-22-16)13-17-4-2-10-23-17/h2,4-8,10,16H,1,3,9,11-13H2,(H,20,21). The van der Waals surface area contributed by atoms with Gasteiger partial charge >= 0.3 is 5.97 Å². The van der Waals surface area contributed by atoms with Gasteiger partial charge in [0.05, 0.1) is 11.7 Å². The SMILES string of the molecule is O=C(O)c1ccc(CN(Cc2cccs2)CC2CCCO2)cc1. The number of carboxylic acids is 1. The molecule has 1 unspecified atom stereocenters. The maximum atomic E-state index is 11.0. The molecular weight excluding hydrogens is 310 g/mol. The zero-order chi connectivity index (χ0) is 16.1. The molecule has 0 bridgehead atoms. The van der Waals surface area contributed by atoms with Gasteiger partial charge < -0.3 is 9.84 Å². The van der Waals surface area contributed by atoms with E-state index in [2.05, 4.69) is 22.4 Å². The number of benzene rings is 1. The van der Waals surface area contributed by atoms with E-state index in [4.69, 9.17) is 9.84 Å². The molecule has 0 radical (unpaired) electrons. The highest BCUT2D eigenvalue weighted by molar-refractivity contribution is 7.09. The Morgan fingerprint density at radius 2 is 2.09 bits per heavy atom. The number of ether oxygens (including phenoxy) is 1. The van der Waals surface area contributed by atoms with Crippen LogP contribution in [0, 0.1) is 0 Å². The van der Waals surface area contributed by atoms with E-state index in [-0.39, 0.29) is 0 Å². The summed E-state index contributed by atoms with van der Waals surface area (Å²) >= 11 is 1.77. The molecule has 1 fully saturated rings. The van der Waals surface area contributed by atoms with Gasteiger partial charge in [0.15, 0.2) is 0 Å². The lowest BCUT2D eigenvalue weighted by molar-refractivity contribution is 0.0682. The minimum absolute atomic E-state index is 0.313. The van der Waals surface area contributed by atoms with E-state index in [9.17, 15) is 4.79 Å². The van der Waals surface area contributed by atoms with Gasteiger partial charge in [0, 0.05) is 31.1 Å². The molecule has 5 heteroatoms. The number of hydrogen-bond acceptors (Lipinski definition) is 4. The van der Waals surface area contributed by atoms with Gasteiger partial charge in [-0.25, -0.2) is 4.79 Å². The molecule has 1 atom stereocenters. The first-order valence-electron chi connectivity index (χ1n) is 7.89. The topological polar surface area (TPSA) is 49.8 Å². The van der Waals surface area contributed by atoms with E-state index in [1.807, 2.05) is 12.1 Å². The normalized spacial score (nSPS) is 17.7. The molecule has 1 aromatic heterocycles. The second-order valence-corrected chi connectivity index (χ2v) is 6.92. The number of hydrogen-bond donors (Lipinski definition) is 1. The molecule has 1 N–H and O–H groups in total. The second kappa shape index (κ2) is 7.73. The van der Waals surface area contributed by atoms with Crippen LogP contribution in [-0.4, -0.2) is 35.2 Å². The molecule has 2 aromatic rings. The first-order chi connectivity index (χ1) is 11.2. The Kier molecular flexibility index (Phi) is 5.43. The van der Waals surface area contributed by atoms with Crippen molar-refractivity contribution in [2.45, 2.75) is 32.0 Å². The van der Waals surface area contributed by atoms with E-state index in [1.165, 1.54) is 4.88 Å². The Labute approximate surface area is 140 Å². The molecule has 0 amide bonds. The molecule has 23 heavy (non-hydrogen) atoms. The third-order valence-electron chi connectivity index (χ3n) is 4.05. The summed E-state index contributed by atoms with van der Waals surface area (Å²) in [6.07, 6.45) is 2.58. The summed E-state index contributed by atoms with van der Waals surface area (Å²) in [6, 6.07) is 11.4. The van der Waals surface area contributed by atoms with E-state index in [1.54, 1.807) is 23.5 Å². The lowest BCUT2D eigenvalue weighted by atomic mass is 10.1. The van der Waals surface area contributed by atoms with Gasteiger partial charge in [0.1, 0.15) is 0 Å². The Hall–Kier alpha value is -1.69. The summed E-state index contributed by atoms with van der Waals surface area (Å²) in [4.78, 5) is 14.7. The highest BCUT2D eigenvalue weighted by Crippen LogP contribution is 2.19. The van der Waals surface area contributed by atoms with Crippen LogP contribution >= 0.6 is 11.3 Å². The number of rotatable bonds is 7. The van der Waals surface area contributed by atoms with Crippen molar-refractivity contribution in [3.63, 3.8) is 0 Å². The van der Waals surface area contributed by atoms with Crippen LogP contribution in [0.1, 0.15) is 33.6 Å². The van der Waals surface area contributed by atoms with Crippen LogP contribution in [0.3, 0.4) is 0 Å². The molecule has 0 aliphatic carbocycles. The predicted octanol–water partition coefficient (Wildman–Crippen LogP) is 3.63. The van der Waals surface area contributed by atoms with Crippen molar-refractivity contribution >= 4 is 17.3 Å². The summed E-state index contributed by atoms with van der Waals surface area (Å²) in [5.74, 6) is -0.883. The van der Waals surface area contributed by atoms with Crippen molar-refractivity contribution < 1.29 is 14.6 Å². The van der Waals surface area contributed by atoms with E-state index < -0.39 is 5.97 Å². The van der Waals surface area contributed by atoms with E-state index >= 15 is 0 Å². The Morgan fingerprint density at radius 1 is 1.26 bits per heavy atom. The number of carboxylic acid groups (broad SMARTS) is 1. The van der Waals surface area contributed by atoms with Crippen molar-refractivity contribution in [1.29, 1.82) is 0 Å². The molecule has 3 rings (SSSR count).